The molecule has 1 aliphatic rings. The summed E-state index contributed by atoms with van der Waals surface area (Å²) in [5.74, 6) is -0.242. The van der Waals surface area contributed by atoms with Crippen LogP contribution < -0.4 is 5.32 Å². The van der Waals surface area contributed by atoms with Crippen molar-refractivity contribution in [2.75, 3.05) is 40.5 Å². The summed E-state index contributed by atoms with van der Waals surface area (Å²) in [4.78, 5) is 27.0. The number of likely N-dealkylation sites (N-methyl/N-ethyl adjacent to an activating group) is 1. The van der Waals surface area contributed by atoms with Gasteiger partial charge in [0.25, 0.3) is 5.91 Å². The summed E-state index contributed by atoms with van der Waals surface area (Å²) in [5, 5.41) is 2.72. The number of carbonyl (C=O) groups excluding carboxylic acids is 2. The Morgan fingerprint density at radius 1 is 1.14 bits per heavy atom. The van der Waals surface area contributed by atoms with Crippen LogP contribution in [0.2, 0.25) is 0 Å². The summed E-state index contributed by atoms with van der Waals surface area (Å²) in [5.41, 5.74) is 2.08. The monoisotopic (exact) mass is 396 g/mol. The summed E-state index contributed by atoms with van der Waals surface area (Å²) in [6.45, 7) is 1.39. The Balaban J connectivity index is 1.84. The number of morpholine rings is 1. The van der Waals surface area contributed by atoms with Gasteiger partial charge in [0.2, 0.25) is 5.91 Å². The van der Waals surface area contributed by atoms with E-state index in [-0.39, 0.29) is 18.4 Å². The van der Waals surface area contributed by atoms with Gasteiger partial charge in [-0.1, -0.05) is 54.6 Å². The van der Waals surface area contributed by atoms with Gasteiger partial charge in [0.1, 0.15) is 0 Å². The number of carbonyl (C=O) groups is 2. The Hall–Kier alpha value is -2.70. The molecule has 29 heavy (non-hydrogen) atoms. The normalized spacial score (nSPS) is 19.0. The fourth-order valence-electron chi connectivity index (χ4n) is 3.72. The standard InChI is InChI=1S/C23H28N2O4/c1-24-22(27)23(17-25(12-14-29-23)21(26)11-13-28-2)16-18-7-6-10-20(15-18)19-8-4-3-5-9-19/h3-10,15H,11-14,16-17H2,1-2H3,(H,24,27). The zero-order chi connectivity index (χ0) is 20.7. The highest BCUT2D eigenvalue weighted by atomic mass is 16.5. The lowest BCUT2D eigenvalue weighted by Crippen LogP contribution is -2.61. The van der Waals surface area contributed by atoms with Crippen LogP contribution in [0.25, 0.3) is 11.1 Å². The van der Waals surface area contributed by atoms with Crippen LogP contribution in [0.5, 0.6) is 0 Å². The van der Waals surface area contributed by atoms with Crippen molar-refractivity contribution in [3.63, 3.8) is 0 Å². The Morgan fingerprint density at radius 2 is 1.90 bits per heavy atom. The lowest BCUT2D eigenvalue weighted by molar-refractivity contribution is -0.166. The van der Waals surface area contributed by atoms with Gasteiger partial charge in [0.05, 0.1) is 26.2 Å². The molecule has 6 heteroatoms. The van der Waals surface area contributed by atoms with Gasteiger partial charge in [-0.2, -0.15) is 0 Å². The van der Waals surface area contributed by atoms with Gasteiger partial charge in [0.15, 0.2) is 5.60 Å². The van der Waals surface area contributed by atoms with E-state index in [0.717, 1.165) is 16.7 Å². The zero-order valence-electron chi connectivity index (χ0n) is 17.0. The quantitative estimate of drug-likeness (QED) is 0.780. The van der Waals surface area contributed by atoms with Crippen molar-refractivity contribution in [2.24, 2.45) is 0 Å². The fraction of sp³-hybridized carbons (Fsp3) is 0.391. The van der Waals surface area contributed by atoms with Crippen molar-refractivity contribution in [3.05, 3.63) is 60.2 Å². The van der Waals surface area contributed by atoms with Crippen LogP contribution in [-0.4, -0.2) is 62.8 Å². The van der Waals surface area contributed by atoms with Crippen molar-refractivity contribution >= 4 is 11.8 Å². The summed E-state index contributed by atoms with van der Waals surface area (Å²) < 4.78 is 11.0. The number of nitrogens with zero attached hydrogens (tertiary/aromatic N) is 1. The van der Waals surface area contributed by atoms with E-state index in [1.807, 2.05) is 36.4 Å². The summed E-state index contributed by atoms with van der Waals surface area (Å²) in [6.07, 6.45) is 0.686. The first-order valence-electron chi connectivity index (χ1n) is 9.85. The molecule has 1 heterocycles. The lowest BCUT2D eigenvalue weighted by Gasteiger charge is -2.41. The maximum Gasteiger partial charge on any atom is 0.254 e. The van der Waals surface area contributed by atoms with Crippen molar-refractivity contribution in [1.29, 1.82) is 0 Å². The van der Waals surface area contributed by atoms with Crippen LogP contribution in [0.15, 0.2) is 54.6 Å². The Labute approximate surface area is 171 Å². The van der Waals surface area contributed by atoms with Crippen LogP contribution in [-0.2, 0) is 25.5 Å². The molecule has 1 aliphatic heterocycles. The van der Waals surface area contributed by atoms with E-state index < -0.39 is 5.60 Å². The number of ether oxygens (including phenoxy) is 2. The number of hydrogen-bond acceptors (Lipinski definition) is 4. The molecular formula is C23H28N2O4. The second-order valence-corrected chi connectivity index (χ2v) is 7.22. The van der Waals surface area contributed by atoms with E-state index in [0.29, 0.717) is 32.6 Å². The van der Waals surface area contributed by atoms with Crippen LogP contribution in [0.1, 0.15) is 12.0 Å². The van der Waals surface area contributed by atoms with Gasteiger partial charge in [-0.15, -0.1) is 0 Å². The van der Waals surface area contributed by atoms with E-state index in [1.54, 1.807) is 19.1 Å². The van der Waals surface area contributed by atoms with E-state index in [1.165, 1.54) is 0 Å². The molecular weight excluding hydrogens is 368 g/mol. The predicted molar refractivity (Wildman–Crippen MR) is 111 cm³/mol. The molecule has 0 bridgehead atoms. The molecule has 2 amide bonds. The van der Waals surface area contributed by atoms with E-state index >= 15 is 0 Å². The molecule has 1 atom stereocenters. The van der Waals surface area contributed by atoms with E-state index in [4.69, 9.17) is 9.47 Å². The zero-order valence-corrected chi connectivity index (χ0v) is 17.0. The molecule has 2 aromatic rings. The molecule has 1 fully saturated rings. The van der Waals surface area contributed by atoms with Crippen molar-refractivity contribution in [2.45, 2.75) is 18.4 Å². The minimum Gasteiger partial charge on any atom is -0.384 e. The highest BCUT2D eigenvalue weighted by Crippen LogP contribution is 2.27. The van der Waals surface area contributed by atoms with Gasteiger partial charge in [-0.05, 0) is 16.7 Å². The first-order valence-corrected chi connectivity index (χ1v) is 9.85. The maximum atomic E-state index is 12.8. The SMILES string of the molecule is CNC(=O)C1(Cc2cccc(-c3ccccc3)c2)CN(C(=O)CCOC)CCO1. The molecule has 1 saturated heterocycles. The molecule has 2 aromatic carbocycles. The molecule has 1 unspecified atom stereocenters. The second-order valence-electron chi connectivity index (χ2n) is 7.22. The number of nitrogens with one attached hydrogen (secondary N) is 1. The highest BCUT2D eigenvalue weighted by molar-refractivity contribution is 5.87. The van der Waals surface area contributed by atoms with E-state index in [2.05, 4.69) is 23.5 Å². The average molecular weight is 396 g/mol. The molecule has 0 saturated carbocycles. The smallest absolute Gasteiger partial charge is 0.254 e. The third-order valence-electron chi connectivity index (χ3n) is 5.22. The van der Waals surface area contributed by atoms with Crippen LogP contribution in [0, 0.1) is 0 Å². The molecule has 1 N–H and O–H groups in total. The van der Waals surface area contributed by atoms with Crippen molar-refractivity contribution in [1.82, 2.24) is 10.2 Å². The molecule has 0 aromatic heterocycles. The third-order valence-corrected chi connectivity index (χ3v) is 5.22. The number of hydrogen-bond donors (Lipinski definition) is 1. The second kappa shape index (κ2) is 9.67. The van der Waals surface area contributed by atoms with Crippen molar-refractivity contribution < 1.29 is 19.1 Å². The molecule has 3 rings (SSSR count). The Morgan fingerprint density at radius 3 is 2.62 bits per heavy atom. The van der Waals surface area contributed by atoms with E-state index in [9.17, 15) is 9.59 Å². The summed E-state index contributed by atoms with van der Waals surface area (Å²) >= 11 is 0. The average Bonchev–Trinajstić information content (AvgIpc) is 2.77. The minimum atomic E-state index is -1.11. The maximum absolute atomic E-state index is 12.8. The van der Waals surface area contributed by atoms with Gasteiger partial charge in [-0.25, -0.2) is 0 Å². The molecule has 6 nitrogen and oxygen atoms in total. The summed E-state index contributed by atoms with van der Waals surface area (Å²) in [7, 11) is 3.17. The Bertz CT molecular complexity index is 840. The minimum absolute atomic E-state index is 0.0264. The largest absolute Gasteiger partial charge is 0.384 e. The third kappa shape index (κ3) is 5.02. The van der Waals surface area contributed by atoms with Crippen LogP contribution >= 0.6 is 0 Å². The first kappa shape index (κ1) is 21.0. The molecule has 0 spiro atoms. The van der Waals surface area contributed by atoms with Gasteiger partial charge in [0, 0.05) is 27.1 Å². The topological polar surface area (TPSA) is 67.9 Å². The number of benzene rings is 2. The fourth-order valence-corrected chi connectivity index (χ4v) is 3.72. The van der Waals surface area contributed by atoms with Crippen LogP contribution in [0.4, 0.5) is 0 Å². The number of methoxy groups -OCH3 is 1. The lowest BCUT2D eigenvalue weighted by atomic mass is 9.89. The van der Waals surface area contributed by atoms with Gasteiger partial charge < -0.3 is 19.7 Å². The molecule has 0 radical (unpaired) electrons. The molecule has 0 aliphatic carbocycles. The predicted octanol–water partition coefficient (Wildman–Crippen LogP) is 2.28. The number of amides is 2. The number of rotatable bonds is 7. The van der Waals surface area contributed by atoms with Gasteiger partial charge >= 0.3 is 0 Å². The van der Waals surface area contributed by atoms with Gasteiger partial charge in [-0.3, -0.25) is 9.59 Å². The highest BCUT2D eigenvalue weighted by Gasteiger charge is 2.44. The first-order chi connectivity index (χ1) is 14.1. The molecule has 154 valence electrons. The summed E-state index contributed by atoms with van der Waals surface area (Å²) in [6, 6.07) is 18.2. The Kier molecular flexibility index (Phi) is 7.01. The van der Waals surface area contributed by atoms with Crippen LogP contribution in [0.3, 0.4) is 0 Å². The van der Waals surface area contributed by atoms with Crippen molar-refractivity contribution in [3.8, 4) is 11.1 Å².